The van der Waals surface area contributed by atoms with E-state index in [0.717, 1.165) is 15.8 Å². The Kier molecular flexibility index (Phi) is 6.70. The molecule has 1 aliphatic rings. The van der Waals surface area contributed by atoms with Gasteiger partial charge in [0.2, 0.25) is 5.91 Å². The Hall–Kier alpha value is -2.68. The van der Waals surface area contributed by atoms with E-state index < -0.39 is 5.82 Å². The summed E-state index contributed by atoms with van der Waals surface area (Å²) in [5.74, 6) is 0.138. The van der Waals surface area contributed by atoms with E-state index in [1.165, 1.54) is 11.5 Å². The summed E-state index contributed by atoms with van der Waals surface area (Å²) in [6.07, 6.45) is 0. The van der Waals surface area contributed by atoms with Gasteiger partial charge < -0.3 is 14.5 Å². The van der Waals surface area contributed by atoms with E-state index in [0.29, 0.717) is 69.9 Å². The Balaban J connectivity index is 1.53. The summed E-state index contributed by atoms with van der Waals surface area (Å²) in [5.41, 5.74) is 1.81. The number of aromatic nitrogens is 1. The molecule has 0 spiro atoms. The topological polar surface area (TPSA) is 45.7 Å². The first-order valence-electron chi connectivity index (χ1n) is 11.1. The number of methoxy groups -OCH3 is 1. The number of nitrogens with zero attached hydrogens (tertiary/aromatic N) is 3. The van der Waals surface area contributed by atoms with Gasteiger partial charge >= 0.3 is 0 Å². The molecular formula is C26H22BrClFN3O2S. The average molecular weight is 575 g/mol. The van der Waals surface area contributed by atoms with Crippen molar-refractivity contribution >= 4 is 71.6 Å². The molecule has 0 atom stereocenters. The maximum atomic E-state index is 16.0. The second kappa shape index (κ2) is 9.76. The highest BCUT2D eigenvalue weighted by Crippen LogP contribution is 2.44. The average Bonchev–Trinajstić information content (AvgIpc) is 3.31. The van der Waals surface area contributed by atoms with Crippen LogP contribution in [0.4, 0.5) is 9.39 Å². The third-order valence-corrected chi connectivity index (χ3v) is 8.20. The van der Waals surface area contributed by atoms with Crippen molar-refractivity contribution in [3.63, 3.8) is 0 Å². The predicted octanol–water partition coefficient (Wildman–Crippen LogP) is 6.52. The number of carbonyl (C=O) groups is 1. The summed E-state index contributed by atoms with van der Waals surface area (Å²) in [7, 11) is 1.59. The van der Waals surface area contributed by atoms with Gasteiger partial charge in [-0.05, 0) is 46.1 Å². The van der Waals surface area contributed by atoms with Crippen molar-refractivity contribution in [2.24, 2.45) is 0 Å². The molecule has 0 radical (unpaired) electrons. The molecule has 1 amide bonds. The zero-order chi connectivity index (χ0) is 24.7. The highest BCUT2D eigenvalue weighted by atomic mass is 79.9. The van der Waals surface area contributed by atoms with Crippen LogP contribution in [0.25, 0.3) is 32.8 Å². The van der Waals surface area contributed by atoms with Crippen molar-refractivity contribution in [1.29, 1.82) is 0 Å². The molecule has 9 heteroatoms. The van der Waals surface area contributed by atoms with Crippen molar-refractivity contribution in [2.45, 2.75) is 0 Å². The number of hydrogen-bond donors (Lipinski definition) is 0. The summed E-state index contributed by atoms with van der Waals surface area (Å²) < 4.78 is 25.9. The molecule has 180 valence electrons. The first kappa shape index (κ1) is 24.0. The van der Waals surface area contributed by atoms with E-state index in [1.54, 1.807) is 18.1 Å². The van der Waals surface area contributed by atoms with Gasteiger partial charge in [0, 0.05) is 48.0 Å². The minimum atomic E-state index is -0.448. The number of piperazine rings is 1. The SMILES string of the molecule is C=C(CBr)C(=O)N1CCN(c2snc3c(F)c(-c4cc(OC)cc5ccccc45)c(Cl)cc23)CC1. The van der Waals surface area contributed by atoms with Gasteiger partial charge in [-0.1, -0.05) is 58.4 Å². The zero-order valence-electron chi connectivity index (χ0n) is 19.0. The number of benzene rings is 3. The molecule has 0 saturated carbocycles. The van der Waals surface area contributed by atoms with Crippen LogP contribution in [0.1, 0.15) is 0 Å². The third kappa shape index (κ3) is 4.28. The number of amides is 1. The summed E-state index contributed by atoms with van der Waals surface area (Å²) in [4.78, 5) is 16.4. The molecule has 3 aromatic carbocycles. The molecule has 1 aromatic heterocycles. The Labute approximate surface area is 220 Å². The van der Waals surface area contributed by atoms with Gasteiger partial charge in [0.05, 0.1) is 12.1 Å². The van der Waals surface area contributed by atoms with E-state index in [-0.39, 0.29) is 5.91 Å². The quantitative estimate of drug-likeness (QED) is 0.201. The fourth-order valence-corrected chi connectivity index (χ4v) is 5.92. The molecule has 4 aromatic rings. The Morgan fingerprint density at radius 1 is 1.20 bits per heavy atom. The first-order valence-corrected chi connectivity index (χ1v) is 13.3. The molecule has 0 unspecified atom stereocenters. The summed E-state index contributed by atoms with van der Waals surface area (Å²) in [5, 5.41) is 4.12. The van der Waals surface area contributed by atoms with Gasteiger partial charge in [0.25, 0.3) is 0 Å². The van der Waals surface area contributed by atoms with Crippen molar-refractivity contribution in [1.82, 2.24) is 9.27 Å². The minimum absolute atomic E-state index is 0.0417. The second-order valence-electron chi connectivity index (χ2n) is 8.34. The van der Waals surface area contributed by atoms with Gasteiger partial charge in [-0.2, -0.15) is 4.37 Å². The van der Waals surface area contributed by atoms with Crippen molar-refractivity contribution in [3.8, 4) is 16.9 Å². The smallest absolute Gasteiger partial charge is 0.250 e. The van der Waals surface area contributed by atoms with E-state index in [1.807, 2.05) is 36.4 Å². The third-order valence-electron chi connectivity index (χ3n) is 6.30. The monoisotopic (exact) mass is 573 g/mol. The lowest BCUT2D eigenvalue weighted by Gasteiger charge is -2.35. The zero-order valence-corrected chi connectivity index (χ0v) is 22.1. The lowest BCUT2D eigenvalue weighted by atomic mass is 9.96. The van der Waals surface area contributed by atoms with Crippen molar-refractivity contribution in [3.05, 3.63) is 65.5 Å². The van der Waals surface area contributed by atoms with Crippen LogP contribution < -0.4 is 9.64 Å². The number of hydrogen-bond acceptors (Lipinski definition) is 5. The van der Waals surface area contributed by atoms with Gasteiger partial charge in [0.1, 0.15) is 16.3 Å². The molecule has 2 heterocycles. The van der Waals surface area contributed by atoms with Crippen LogP contribution in [-0.4, -0.2) is 53.8 Å². The van der Waals surface area contributed by atoms with Crippen LogP contribution in [0.3, 0.4) is 0 Å². The van der Waals surface area contributed by atoms with Crippen LogP contribution >= 0.6 is 39.1 Å². The Morgan fingerprint density at radius 3 is 2.66 bits per heavy atom. The van der Waals surface area contributed by atoms with Gasteiger partial charge in [-0.3, -0.25) is 4.79 Å². The molecule has 1 fully saturated rings. The largest absolute Gasteiger partial charge is 0.497 e. The van der Waals surface area contributed by atoms with Gasteiger partial charge in [-0.25, -0.2) is 4.39 Å². The number of fused-ring (bicyclic) bond motifs is 2. The summed E-state index contributed by atoms with van der Waals surface area (Å²) in [6.45, 7) is 6.19. The number of alkyl halides is 1. The van der Waals surface area contributed by atoms with Crippen LogP contribution in [0.5, 0.6) is 5.75 Å². The fourth-order valence-electron chi connectivity index (χ4n) is 4.48. The maximum absolute atomic E-state index is 16.0. The van der Waals surface area contributed by atoms with E-state index >= 15 is 4.39 Å². The summed E-state index contributed by atoms with van der Waals surface area (Å²) in [6, 6.07) is 13.3. The van der Waals surface area contributed by atoms with Crippen molar-refractivity contribution < 1.29 is 13.9 Å². The number of ether oxygens (including phenoxy) is 1. The molecule has 0 aliphatic carbocycles. The molecule has 35 heavy (non-hydrogen) atoms. The van der Waals surface area contributed by atoms with Gasteiger partial charge in [0.15, 0.2) is 5.82 Å². The van der Waals surface area contributed by atoms with E-state index in [4.69, 9.17) is 16.3 Å². The maximum Gasteiger partial charge on any atom is 0.250 e. The van der Waals surface area contributed by atoms with Crippen LogP contribution in [0.15, 0.2) is 54.6 Å². The molecule has 5 nitrogen and oxygen atoms in total. The number of carbonyl (C=O) groups excluding carboxylic acids is 1. The van der Waals surface area contributed by atoms with Crippen LogP contribution in [0.2, 0.25) is 5.02 Å². The molecule has 1 aliphatic heterocycles. The first-order chi connectivity index (χ1) is 16.9. The van der Waals surface area contributed by atoms with Gasteiger partial charge in [-0.15, -0.1) is 0 Å². The molecule has 0 bridgehead atoms. The molecule has 5 rings (SSSR count). The highest BCUT2D eigenvalue weighted by molar-refractivity contribution is 9.09. The normalized spacial score (nSPS) is 14.1. The lowest BCUT2D eigenvalue weighted by molar-refractivity contribution is -0.127. The Bertz CT molecular complexity index is 1470. The lowest BCUT2D eigenvalue weighted by Crippen LogP contribution is -2.49. The molecule has 1 saturated heterocycles. The summed E-state index contributed by atoms with van der Waals surface area (Å²) >= 11 is 11.3. The standard InChI is InChI=1S/C26H22BrClFN3O2S/c1-15(14-27)25(33)31-7-9-32(10-8-31)26-20-13-21(28)22(23(29)24(20)30-35-26)19-12-17(34-2)11-16-5-3-4-6-18(16)19/h3-6,11-13H,1,7-10,14H2,2H3. The predicted molar refractivity (Wildman–Crippen MR) is 146 cm³/mol. The molecular weight excluding hydrogens is 553 g/mol. The Morgan fingerprint density at radius 2 is 1.94 bits per heavy atom. The highest BCUT2D eigenvalue weighted by Gasteiger charge is 2.27. The fraction of sp³-hybridized carbons (Fsp3) is 0.231. The number of halogens is 3. The van der Waals surface area contributed by atoms with E-state index in [2.05, 4.69) is 31.8 Å². The van der Waals surface area contributed by atoms with Crippen LogP contribution in [0, 0.1) is 5.82 Å². The van der Waals surface area contributed by atoms with E-state index in [9.17, 15) is 4.79 Å². The molecule has 0 N–H and O–H groups in total. The van der Waals surface area contributed by atoms with Crippen molar-refractivity contribution in [2.75, 3.05) is 43.5 Å². The van der Waals surface area contributed by atoms with Crippen LogP contribution in [-0.2, 0) is 4.79 Å². The number of rotatable bonds is 5. The number of anilines is 1. The minimum Gasteiger partial charge on any atom is -0.497 e. The second-order valence-corrected chi connectivity index (χ2v) is 10.1.